The summed E-state index contributed by atoms with van der Waals surface area (Å²) in [7, 11) is 0. The first-order valence-corrected chi connectivity index (χ1v) is 9.07. The van der Waals surface area contributed by atoms with Crippen LogP contribution in [0.15, 0.2) is 29.4 Å². The van der Waals surface area contributed by atoms with Gasteiger partial charge >= 0.3 is 0 Å². The molecule has 1 heterocycles. The molecule has 25 heavy (non-hydrogen) atoms. The van der Waals surface area contributed by atoms with Gasteiger partial charge in [-0.15, -0.1) is 10.2 Å². The van der Waals surface area contributed by atoms with Gasteiger partial charge in [0.05, 0.1) is 0 Å². The van der Waals surface area contributed by atoms with Gasteiger partial charge in [0.2, 0.25) is 11.1 Å². The molecule has 1 saturated carbocycles. The Morgan fingerprint density at radius 2 is 1.96 bits per heavy atom. The average molecular weight is 363 g/mol. The van der Waals surface area contributed by atoms with Gasteiger partial charge in [-0.05, 0) is 30.5 Å². The highest BCUT2D eigenvalue weighted by atomic mass is 32.2. The van der Waals surface area contributed by atoms with Gasteiger partial charge in [0, 0.05) is 11.5 Å². The quantitative estimate of drug-likeness (QED) is 0.630. The number of carbonyl (C=O) groups excluding carboxylic acids is 1. The van der Waals surface area contributed by atoms with Crippen LogP contribution in [0.3, 0.4) is 0 Å². The zero-order chi connectivity index (χ0) is 18.2. The highest BCUT2D eigenvalue weighted by Crippen LogP contribution is 2.36. The summed E-state index contributed by atoms with van der Waals surface area (Å²) in [6.45, 7) is 5.98. The van der Waals surface area contributed by atoms with Crippen molar-refractivity contribution in [3.05, 3.63) is 41.5 Å². The van der Waals surface area contributed by atoms with Gasteiger partial charge in [0.25, 0.3) is 0 Å². The fourth-order valence-electron chi connectivity index (χ4n) is 2.39. The third kappa shape index (κ3) is 4.12. The normalized spacial score (nSPS) is 15.8. The summed E-state index contributed by atoms with van der Waals surface area (Å²) < 4.78 is 14.7. The molecule has 3 rings (SSSR count). The number of thioether (sulfide) groups is 1. The van der Waals surface area contributed by atoms with E-state index in [1.165, 1.54) is 28.6 Å². The Morgan fingerprint density at radius 1 is 1.32 bits per heavy atom. The largest absolute Gasteiger partial charge is 0.352 e. The first-order valence-electron chi connectivity index (χ1n) is 8.19. The number of hydrogen-bond donors (Lipinski definition) is 2. The summed E-state index contributed by atoms with van der Waals surface area (Å²) in [6, 6.07) is 6.15. The van der Waals surface area contributed by atoms with Crippen LogP contribution in [-0.2, 0) is 10.2 Å². The number of nitrogens with zero attached hydrogens (tertiary/aromatic N) is 3. The van der Waals surface area contributed by atoms with Gasteiger partial charge in [0.1, 0.15) is 11.1 Å². The van der Waals surface area contributed by atoms with Crippen molar-refractivity contribution in [3.8, 4) is 0 Å². The number of nitrogen functional groups attached to an aromatic ring is 1. The summed E-state index contributed by atoms with van der Waals surface area (Å²) >= 11 is 1.22. The maximum absolute atomic E-state index is 13.2. The molecular weight excluding hydrogens is 341 g/mol. The molecule has 0 spiro atoms. The summed E-state index contributed by atoms with van der Waals surface area (Å²) in [4.78, 5) is 12.7. The zero-order valence-electron chi connectivity index (χ0n) is 14.5. The van der Waals surface area contributed by atoms with Gasteiger partial charge in [-0.3, -0.25) is 4.79 Å². The zero-order valence-corrected chi connectivity index (χ0v) is 15.3. The topological polar surface area (TPSA) is 85.8 Å². The Balaban J connectivity index is 1.88. The maximum atomic E-state index is 13.2. The lowest BCUT2D eigenvalue weighted by atomic mass is 9.96. The SMILES string of the molecule is CC(C)(C)c1nnc(SC(C(=O)NC2CC2)c2ccc(F)cc2)n1N. The second kappa shape index (κ2) is 6.67. The molecule has 1 fully saturated rings. The molecule has 0 bridgehead atoms. The Kier molecular flexibility index (Phi) is 4.73. The number of carbonyl (C=O) groups is 1. The molecule has 1 atom stereocenters. The lowest BCUT2D eigenvalue weighted by Crippen LogP contribution is -2.30. The van der Waals surface area contributed by atoms with Crippen molar-refractivity contribution in [2.75, 3.05) is 5.84 Å². The summed E-state index contributed by atoms with van der Waals surface area (Å²) in [5.41, 5.74) is 0.437. The average Bonchev–Trinajstić information content (AvgIpc) is 3.26. The molecule has 0 aliphatic heterocycles. The van der Waals surface area contributed by atoms with Crippen molar-refractivity contribution in [2.24, 2.45) is 0 Å². The minimum atomic E-state index is -0.569. The molecule has 1 aliphatic rings. The molecule has 1 aromatic carbocycles. The Bertz CT molecular complexity index is 764. The van der Waals surface area contributed by atoms with Crippen LogP contribution in [0, 0.1) is 5.82 Å². The van der Waals surface area contributed by atoms with E-state index in [1.807, 2.05) is 20.8 Å². The van der Waals surface area contributed by atoms with Crippen molar-refractivity contribution in [2.45, 2.75) is 55.5 Å². The molecular formula is C17H22FN5OS. The van der Waals surface area contributed by atoms with Gasteiger partial charge in [0.15, 0.2) is 5.82 Å². The first-order chi connectivity index (χ1) is 11.8. The van der Waals surface area contributed by atoms with Gasteiger partial charge in [-0.25, -0.2) is 9.07 Å². The molecule has 2 aromatic rings. The minimum absolute atomic E-state index is 0.126. The molecule has 6 nitrogen and oxygen atoms in total. The standard InChI is InChI=1S/C17H22FN5OS/c1-17(2,3)15-21-22-16(23(15)19)25-13(14(24)20-12-8-9-12)10-4-6-11(18)7-5-10/h4-7,12-13H,8-9,19H2,1-3H3,(H,20,24). The summed E-state index contributed by atoms with van der Waals surface area (Å²) in [5.74, 6) is 6.30. The van der Waals surface area contributed by atoms with Gasteiger partial charge in [-0.1, -0.05) is 44.7 Å². The highest BCUT2D eigenvalue weighted by Gasteiger charge is 2.31. The number of amides is 1. The van der Waals surface area contributed by atoms with E-state index in [4.69, 9.17) is 5.84 Å². The van der Waals surface area contributed by atoms with Crippen LogP contribution < -0.4 is 11.2 Å². The van der Waals surface area contributed by atoms with E-state index in [-0.39, 0.29) is 23.2 Å². The lowest BCUT2D eigenvalue weighted by Gasteiger charge is -2.18. The second-order valence-corrected chi connectivity index (χ2v) is 8.33. The predicted molar refractivity (Wildman–Crippen MR) is 95.0 cm³/mol. The molecule has 134 valence electrons. The monoisotopic (exact) mass is 363 g/mol. The molecule has 0 saturated heterocycles. The predicted octanol–water partition coefficient (Wildman–Crippen LogP) is 2.54. The van der Waals surface area contributed by atoms with Crippen molar-refractivity contribution in [1.29, 1.82) is 0 Å². The number of nitrogens with two attached hydrogens (primary N) is 1. The molecule has 1 aliphatic carbocycles. The Morgan fingerprint density at radius 3 is 2.48 bits per heavy atom. The number of aromatic nitrogens is 3. The molecule has 1 unspecified atom stereocenters. The third-order valence-electron chi connectivity index (χ3n) is 3.89. The van der Waals surface area contributed by atoms with E-state index in [1.54, 1.807) is 12.1 Å². The van der Waals surface area contributed by atoms with Crippen molar-refractivity contribution in [1.82, 2.24) is 20.2 Å². The van der Waals surface area contributed by atoms with Crippen molar-refractivity contribution >= 4 is 17.7 Å². The van der Waals surface area contributed by atoms with Crippen LogP contribution in [0.5, 0.6) is 0 Å². The van der Waals surface area contributed by atoms with Crippen LogP contribution in [0.1, 0.15) is 50.3 Å². The van der Waals surface area contributed by atoms with E-state index in [0.29, 0.717) is 16.5 Å². The molecule has 3 N–H and O–H groups in total. The number of rotatable bonds is 5. The molecule has 8 heteroatoms. The Labute approximate surface area is 150 Å². The van der Waals surface area contributed by atoms with Gasteiger partial charge < -0.3 is 11.2 Å². The Hall–Kier alpha value is -2.09. The second-order valence-electron chi connectivity index (χ2n) is 7.26. The molecule has 0 radical (unpaired) electrons. The smallest absolute Gasteiger partial charge is 0.238 e. The third-order valence-corrected chi connectivity index (χ3v) is 5.10. The number of benzene rings is 1. The lowest BCUT2D eigenvalue weighted by molar-refractivity contribution is -0.120. The highest BCUT2D eigenvalue weighted by molar-refractivity contribution is 8.00. The van der Waals surface area contributed by atoms with E-state index >= 15 is 0 Å². The number of halogens is 1. The molecule has 1 amide bonds. The van der Waals surface area contributed by atoms with E-state index in [0.717, 1.165) is 12.8 Å². The van der Waals surface area contributed by atoms with Crippen LogP contribution >= 0.6 is 11.8 Å². The summed E-state index contributed by atoms with van der Waals surface area (Å²) in [5, 5.41) is 11.2. The van der Waals surface area contributed by atoms with Gasteiger partial charge in [-0.2, -0.15) is 0 Å². The van der Waals surface area contributed by atoms with E-state index in [9.17, 15) is 9.18 Å². The fourth-order valence-corrected chi connectivity index (χ4v) is 3.36. The van der Waals surface area contributed by atoms with Crippen LogP contribution in [-0.4, -0.2) is 26.8 Å². The minimum Gasteiger partial charge on any atom is -0.352 e. The van der Waals surface area contributed by atoms with Crippen molar-refractivity contribution in [3.63, 3.8) is 0 Å². The summed E-state index contributed by atoms with van der Waals surface area (Å²) in [6.07, 6.45) is 1.99. The molecule has 1 aromatic heterocycles. The number of hydrogen-bond acceptors (Lipinski definition) is 5. The maximum Gasteiger partial charge on any atom is 0.238 e. The number of nitrogens with one attached hydrogen (secondary N) is 1. The van der Waals surface area contributed by atoms with Crippen LogP contribution in [0.2, 0.25) is 0 Å². The van der Waals surface area contributed by atoms with Crippen LogP contribution in [0.25, 0.3) is 0 Å². The van der Waals surface area contributed by atoms with E-state index in [2.05, 4.69) is 15.5 Å². The van der Waals surface area contributed by atoms with Crippen LogP contribution in [0.4, 0.5) is 4.39 Å². The fraction of sp³-hybridized carbons (Fsp3) is 0.471. The van der Waals surface area contributed by atoms with E-state index < -0.39 is 5.25 Å². The van der Waals surface area contributed by atoms with Crippen molar-refractivity contribution < 1.29 is 9.18 Å². The first kappa shape index (κ1) is 17.7.